The van der Waals surface area contributed by atoms with Crippen LogP contribution in [0.25, 0.3) is 5.76 Å². The van der Waals surface area contributed by atoms with Crippen LogP contribution in [0.5, 0.6) is 5.75 Å². The summed E-state index contributed by atoms with van der Waals surface area (Å²) < 4.78 is 33.8. The van der Waals surface area contributed by atoms with Crippen LogP contribution in [0, 0.1) is 11.6 Å². The highest BCUT2D eigenvalue weighted by molar-refractivity contribution is 6.51. The number of nitrogens with zero attached hydrogens (tertiary/aromatic N) is 1. The number of rotatable bonds is 5. The van der Waals surface area contributed by atoms with E-state index in [9.17, 15) is 23.5 Å². The second kappa shape index (κ2) is 8.86. The van der Waals surface area contributed by atoms with E-state index in [1.54, 1.807) is 54.6 Å². The number of hydrogen-bond acceptors (Lipinski definition) is 4. The molecule has 1 saturated heterocycles. The Bertz CT molecular complexity index is 1240. The van der Waals surface area contributed by atoms with E-state index in [2.05, 4.69) is 0 Å². The van der Waals surface area contributed by atoms with Crippen LogP contribution in [-0.4, -0.2) is 22.9 Å². The van der Waals surface area contributed by atoms with Crippen LogP contribution in [0.1, 0.15) is 31.0 Å². The molecule has 0 spiro atoms. The monoisotopic (exact) mass is 449 g/mol. The molecular formula is C26H21F2NO4. The second-order valence-electron chi connectivity index (χ2n) is 7.87. The van der Waals surface area contributed by atoms with E-state index in [0.29, 0.717) is 22.9 Å². The van der Waals surface area contributed by atoms with Gasteiger partial charge in [0, 0.05) is 11.6 Å². The lowest BCUT2D eigenvalue weighted by Gasteiger charge is -2.25. The van der Waals surface area contributed by atoms with Gasteiger partial charge in [-0.2, -0.15) is 0 Å². The minimum Gasteiger partial charge on any atom is -0.507 e. The Morgan fingerprint density at radius 2 is 1.64 bits per heavy atom. The Kier molecular flexibility index (Phi) is 5.96. The third kappa shape index (κ3) is 4.22. The molecule has 1 aliphatic rings. The van der Waals surface area contributed by atoms with E-state index in [1.165, 1.54) is 0 Å². The van der Waals surface area contributed by atoms with Gasteiger partial charge in [0.05, 0.1) is 23.4 Å². The van der Waals surface area contributed by atoms with Gasteiger partial charge in [0.15, 0.2) is 0 Å². The molecule has 0 radical (unpaired) electrons. The zero-order chi connectivity index (χ0) is 23.7. The molecule has 4 rings (SSSR count). The highest BCUT2D eigenvalue weighted by atomic mass is 19.1. The van der Waals surface area contributed by atoms with Gasteiger partial charge in [-0.05, 0) is 55.8 Å². The molecule has 7 heteroatoms. The number of ether oxygens (including phenoxy) is 1. The minimum absolute atomic E-state index is 0.0431. The first-order valence-corrected chi connectivity index (χ1v) is 10.4. The summed E-state index contributed by atoms with van der Waals surface area (Å²) in [4.78, 5) is 27.0. The first-order valence-electron chi connectivity index (χ1n) is 10.4. The Labute approximate surface area is 189 Å². The normalized spacial score (nSPS) is 17.6. The van der Waals surface area contributed by atoms with Gasteiger partial charge in [-0.1, -0.05) is 30.3 Å². The van der Waals surface area contributed by atoms with E-state index >= 15 is 0 Å². The smallest absolute Gasteiger partial charge is 0.300 e. The number of ketones is 1. The molecule has 5 nitrogen and oxygen atoms in total. The number of hydrogen-bond donors (Lipinski definition) is 1. The van der Waals surface area contributed by atoms with Crippen molar-refractivity contribution in [3.63, 3.8) is 0 Å². The van der Waals surface area contributed by atoms with Gasteiger partial charge in [0.25, 0.3) is 11.7 Å². The van der Waals surface area contributed by atoms with Crippen molar-refractivity contribution in [2.24, 2.45) is 0 Å². The average Bonchev–Trinajstić information content (AvgIpc) is 3.05. The van der Waals surface area contributed by atoms with Crippen LogP contribution in [0.3, 0.4) is 0 Å². The summed E-state index contributed by atoms with van der Waals surface area (Å²) >= 11 is 0. The van der Waals surface area contributed by atoms with Crippen molar-refractivity contribution in [3.8, 4) is 5.75 Å². The van der Waals surface area contributed by atoms with Crippen molar-refractivity contribution in [1.82, 2.24) is 0 Å². The number of Topliss-reactive ketones (excluding diaryl/α,β-unsaturated/α-hetero) is 1. The van der Waals surface area contributed by atoms with Gasteiger partial charge in [-0.25, -0.2) is 8.78 Å². The molecule has 0 aromatic heterocycles. The van der Waals surface area contributed by atoms with E-state index in [-0.39, 0.29) is 17.4 Å². The largest absolute Gasteiger partial charge is 0.507 e. The van der Waals surface area contributed by atoms with Crippen molar-refractivity contribution >= 4 is 23.1 Å². The molecule has 1 unspecified atom stereocenters. The fourth-order valence-corrected chi connectivity index (χ4v) is 3.83. The maximum absolute atomic E-state index is 14.7. The van der Waals surface area contributed by atoms with E-state index in [0.717, 1.165) is 17.0 Å². The summed E-state index contributed by atoms with van der Waals surface area (Å²) in [6.07, 6.45) is -0.0431. The summed E-state index contributed by atoms with van der Waals surface area (Å²) in [6.45, 7) is 3.76. The summed E-state index contributed by atoms with van der Waals surface area (Å²) in [5.41, 5.74) is 0.339. The molecule has 1 atom stereocenters. The lowest BCUT2D eigenvalue weighted by molar-refractivity contribution is -0.132. The molecule has 1 heterocycles. The van der Waals surface area contributed by atoms with Crippen LogP contribution >= 0.6 is 0 Å². The average molecular weight is 449 g/mol. The Morgan fingerprint density at radius 3 is 2.24 bits per heavy atom. The highest BCUT2D eigenvalue weighted by Crippen LogP contribution is 2.43. The predicted octanol–water partition coefficient (Wildman–Crippen LogP) is 5.38. The van der Waals surface area contributed by atoms with Gasteiger partial charge in [-0.3, -0.25) is 14.5 Å². The molecular weight excluding hydrogens is 428 g/mol. The van der Waals surface area contributed by atoms with Crippen molar-refractivity contribution in [3.05, 3.63) is 101 Å². The number of anilines is 1. The van der Waals surface area contributed by atoms with Crippen molar-refractivity contribution in [1.29, 1.82) is 0 Å². The molecule has 3 aromatic carbocycles. The molecule has 0 saturated carbocycles. The third-order valence-corrected chi connectivity index (χ3v) is 5.23. The number of carbonyl (C=O) groups is 2. The lowest BCUT2D eigenvalue weighted by atomic mass is 9.95. The predicted molar refractivity (Wildman–Crippen MR) is 120 cm³/mol. The van der Waals surface area contributed by atoms with Gasteiger partial charge in [-0.15, -0.1) is 0 Å². The number of benzene rings is 3. The number of carbonyl (C=O) groups excluding carboxylic acids is 2. The Hall–Kier alpha value is -4.00. The zero-order valence-corrected chi connectivity index (χ0v) is 18.0. The Balaban J connectivity index is 1.87. The van der Waals surface area contributed by atoms with Gasteiger partial charge < -0.3 is 9.84 Å². The standard InChI is InChI=1S/C26H21F2NO4/c1-15(2)33-19-11-8-17(9-12-19)24(30)22-23(16-6-4-3-5-7-16)29(26(32)25(22)31)21-13-10-18(27)14-20(21)28/h3-15,23,30H,1-2H3/b24-22+. The topological polar surface area (TPSA) is 66.8 Å². The number of aliphatic hydroxyl groups excluding tert-OH is 1. The van der Waals surface area contributed by atoms with Crippen LogP contribution in [0.15, 0.2) is 78.4 Å². The lowest BCUT2D eigenvalue weighted by Crippen LogP contribution is -2.30. The third-order valence-electron chi connectivity index (χ3n) is 5.23. The summed E-state index contributed by atoms with van der Waals surface area (Å²) in [5, 5.41) is 11.1. The Morgan fingerprint density at radius 1 is 0.970 bits per heavy atom. The first-order chi connectivity index (χ1) is 15.8. The SMILES string of the molecule is CC(C)Oc1ccc(/C(O)=C2\C(=O)C(=O)N(c3ccc(F)cc3F)C2c2ccccc2)cc1. The molecule has 0 aliphatic carbocycles. The summed E-state index contributed by atoms with van der Waals surface area (Å²) in [5.74, 6) is -3.61. The molecule has 3 aromatic rings. The molecule has 1 N–H and O–H groups in total. The maximum atomic E-state index is 14.7. The molecule has 1 aliphatic heterocycles. The fourth-order valence-electron chi connectivity index (χ4n) is 3.83. The van der Waals surface area contributed by atoms with Gasteiger partial charge in [0.2, 0.25) is 0 Å². The molecule has 0 bridgehead atoms. The van der Waals surface area contributed by atoms with Crippen LogP contribution < -0.4 is 9.64 Å². The van der Waals surface area contributed by atoms with Gasteiger partial charge in [0.1, 0.15) is 23.1 Å². The molecule has 168 valence electrons. The van der Waals surface area contributed by atoms with Crippen molar-refractivity contribution in [2.75, 3.05) is 4.90 Å². The molecule has 1 fully saturated rings. The number of amides is 1. The second-order valence-corrected chi connectivity index (χ2v) is 7.87. The first kappa shape index (κ1) is 22.2. The summed E-state index contributed by atoms with van der Waals surface area (Å²) in [6, 6.07) is 16.6. The van der Waals surface area contributed by atoms with Crippen LogP contribution in [0.2, 0.25) is 0 Å². The van der Waals surface area contributed by atoms with Crippen molar-refractivity contribution < 1.29 is 28.2 Å². The van der Waals surface area contributed by atoms with Crippen molar-refractivity contribution in [2.45, 2.75) is 26.0 Å². The minimum atomic E-state index is -1.10. The van der Waals surface area contributed by atoms with Gasteiger partial charge >= 0.3 is 0 Å². The van der Waals surface area contributed by atoms with Crippen LogP contribution in [-0.2, 0) is 9.59 Å². The molecule has 1 amide bonds. The van der Waals surface area contributed by atoms with E-state index < -0.39 is 35.1 Å². The van der Waals surface area contributed by atoms with E-state index in [1.807, 2.05) is 13.8 Å². The zero-order valence-electron chi connectivity index (χ0n) is 18.0. The van der Waals surface area contributed by atoms with Crippen LogP contribution in [0.4, 0.5) is 14.5 Å². The fraction of sp³-hybridized carbons (Fsp3) is 0.154. The van der Waals surface area contributed by atoms with E-state index in [4.69, 9.17) is 4.74 Å². The number of halogens is 2. The number of aliphatic hydroxyl groups is 1. The summed E-state index contributed by atoms with van der Waals surface area (Å²) in [7, 11) is 0. The molecule has 33 heavy (non-hydrogen) atoms. The quantitative estimate of drug-likeness (QED) is 0.323. The highest BCUT2D eigenvalue weighted by Gasteiger charge is 2.47. The maximum Gasteiger partial charge on any atom is 0.300 e.